The van der Waals surface area contributed by atoms with Gasteiger partial charge in [0.05, 0.1) is 18.2 Å². The Kier molecular flexibility index (Phi) is 3.58. The molecular formula is C16H27N3O2. The summed E-state index contributed by atoms with van der Waals surface area (Å²) in [5.41, 5.74) is 0. The summed E-state index contributed by atoms with van der Waals surface area (Å²) in [5, 5.41) is 3.27. The van der Waals surface area contributed by atoms with Crippen LogP contribution in [0.25, 0.3) is 0 Å². The number of nitrogens with zero attached hydrogens (tertiary/aromatic N) is 2. The average Bonchev–Trinajstić information content (AvgIpc) is 3.08. The molecule has 5 atom stereocenters. The maximum absolute atomic E-state index is 12.7. The minimum absolute atomic E-state index is 0.162. The quantitative estimate of drug-likeness (QED) is 0.795. The number of carbonyl (C=O) groups excluding carboxylic acids is 1. The molecule has 0 aromatic rings. The number of amides is 2. The number of ether oxygens (including phenoxy) is 1. The molecule has 4 rings (SSSR count). The highest BCUT2D eigenvalue weighted by Gasteiger charge is 2.43. The molecule has 4 aliphatic heterocycles. The van der Waals surface area contributed by atoms with Crippen LogP contribution in [0.15, 0.2) is 0 Å². The summed E-state index contributed by atoms with van der Waals surface area (Å²) < 4.78 is 5.85. The monoisotopic (exact) mass is 293 g/mol. The highest BCUT2D eigenvalue weighted by Crippen LogP contribution is 2.35. The van der Waals surface area contributed by atoms with E-state index in [-0.39, 0.29) is 18.2 Å². The number of hydrogen-bond donors (Lipinski definition) is 1. The van der Waals surface area contributed by atoms with Crippen molar-refractivity contribution in [2.75, 3.05) is 26.7 Å². The number of carbonyl (C=O) groups is 1. The van der Waals surface area contributed by atoms with E-state index in [9.17, 15) is 4.79 Å². The Hall–Kier alpha value is -0.810. The second-order valence-electron chi connectivity index (χ2n) is 7.38. The zero-order valence-electron chi connectivity index (χ0n) is 13.0. The van der Waals surface area contributed by atoms with Gasteiger partial charge in [0.1, 0.15) is 0 Å². The lowest BCUT2D eigenvalue weighted by molar-refractivity contribution is 0.0504. The van der Waals surface area contributed by atoms with Crippen LogP contribution in [0.2, 0.25) is 0 Å². The van der Waals surface area contributed by atoms with E-state index in [0.29, 0.717) is 18.1 Å². The first kappa shape index (κ1) is 13.8. The molecule has 0 unspecified atom stereocenters. The molecule has 4 saturated heterocycles. The Morgan fingerprint density at radius 1 is 1.19 bits per heavy atom. The van der Waals surface area contributed by atoms with Gasteiger partial charge in [0.25, 0.3) is 0 Å². The van der Waals surface area contributed by atoms with Crippen molar-refractivity contribution in [1.82, 2.24) is 15.1 Å². The molecule has 4 fully saturated rings. The maximum atomic E-state index is 12.7. The van der Waals surface area contributed by atoms with Gasteiger partial charge in [-0.1, -0.05) is 0 Å². The van der Waals surface area contributed by atoms with Crippen molar-refractivity contribution in [2.45, 2.75) is 62.8 Å². The Morgan fingerprint density at radius 2 is 2.10 bits per heavy atom. The fourth-order valence-electron chi connectivity index (χ4n) is 4.87. The molecule has 21 heavy (non-hydrogen) atoms. The molecule has 0 aliphatic carbocycles. The van der Waals surface area contributed by atoms with Crippen molar-refractivity contribution in [3.63, 3.8) is 0 Å². The van der Waals surface area contributed by atoms with Gasteiger partial charge in [-0.25, -0.2) is 4.79 Å². The van der Waals surface area contributed by atoms with Gasteiger partial charge < -0.3 is 19.9 Å². The SMILES string of the molecule is CN1CC[C@@H]2[C@H](CCCN2C(=O)N[C@H]2C[C@H]3CC[C@H]2O3)C1. The van der Waals surface area contributed by atoms with Crippen LogP contribution >= 0.6 is 0 Å². The maximum Gasteiger partial charge on any atom is 0.317 e. The topological polar surface area (TPSA) is 44.8 Å². The molecule has 2 amide bonds. The summed E-state index contributed by atoms with van der Waals surface area (Å²) in [7, 11) is 2.20. The van der Waals surface area contributed by atoms with Gasteiger partial charge >= 0.3 is 6.03 Å². The fraction of sp³-hybridized carbons (Fsp3) is 0.938. The second kappa shape index (κ2) is 5.43. The molecule has 0 saturated carbocycles. The summed E-state index contributed by atoms with van der Waals surface area (Å²) in [5.74, 6) is 0.666. The zero-order chi connectivity index (χ0) is 14.4. The summed E-state index contributed by atoms with van der Waals surface area (Å²) in [4.78, 5) is 17.3. The number of fused-ring (bicyclic) bond motifs is 3. The summed E-state index contributed by atoms with van der Waals surface area (Å²) in [6, 6.07) is 0.868. The largest absolute Gasteiger partial charge is 0.373 e. The molecular weight excluding hydrogens is 266 g/mol. The average molecular weight is 293 g/mol. The third-order valence-corrected chi connectivity index (χ3v) is 5.95. The van der Waals surface area contributed by atoms with E-state index in [2.05, 4.69) is 22.2 Å². The van der Waals surface area contributed by atoms with Crippen LogP contribution in [-0.4, -0.2) is 66.8 Å². The molecule has 0 radical (unpaired) electrons. The number of nitrogens with one attached hydrogen (secondary N) is 1. The van der Waals surface area contributed by atoms with E-state index in [1.165, 1.54) is 12.8 Å². The minimum Gasteiger partial charge on any atom is -0.373 e. The van der Waals surface area contributed by atoms with Gasteiger partial charge in [0.15, 0.2) is 0 Å². The van der Waals surface area contributed by atoms with Gasteiger partial charge in [-0.3, -0.25) is 0 Å². The van der Waals surface area contributed by atoms with Crippen LogP contribution in [0.3, 0.4) is 0 Å². The summed E-state index contributed by atoms with van der Waals surface area (Å²) in [6.45, 7) is 3.19. The predicted octanol–water partition coefficient (Wildman–Crippen LogP) is 1.43. The van der Waals surface area contributed by atoms with E-state index in [4.69, 9.17) is 4.74 Å². The van der Waals surface area contributed by atoms with Crippen molar-refractivity contribution >= 4 is 6.03 Å². The number of urea groups is 1. The fourth-order valence-corrected chi connectivity index (χ4v) is 4.87. The molecule has 0 spiro atoms. The van der Waals surface area contributed by atoms with Gasteiger partial charge in [-0.15, -0.1) is 0 Å². The van der Waals surface area contributed by atoms with E-state index in [0.717, 1.165) is 45.3 Å². The Morgan fingerprint density at radius 3 is 2.86 bits per heavy atom. The third kappa shape index (κ3) is 2.55. The van der Waals surface area contributed by atoms with Crippen molar-refractivity contribution in [2.24, 2.45) is 5.92 Å². The molecule has 2 bridgehead atoms. The first-order valence-electron chi connectivity index (χ1n) is 8.62. The van der Waals surface area contributed by atoms with Crippen molar-refractivity contribution in [3.8, 4) is 0 Å². The zero-order valence-corrected chi connectivity index (χ0v) is 13.0. The van der Waals surface area contributed by atoms with E-state index >= 15 is 0 Å². The number of likely N-dealkylation sites (tertiary alicyclic amines) is 2. The van der Waals surface area contributed by atoms with E-state index in [1.807, 2.05) is 0 Å². The second-order valence-corrected chi connectivity index (χ2v) is 7.38. The Bertz CT molecular complexity index is 416. The van der Waals surface area contributed by atoms with Crippen molar-refractivity contribution in [1.29, 1.82) is 0 Å². The number of piperidine rings is 2. The molecule has 118 valence electrons. The number of hydrogen-bond acceptors (Lipinski definition) is 3. The van der Waals surface area contributed by atoms with Gasteiger partial charge in [-0.2, -0.15) is 0 Å². The highest BCUT2D eigenvalue weighted by molar-refractivity contribution is 5.75. The summed E-state index contributed by atoms with van der Waals surface area (Å²) >= 11 is 0. The third-order valence-electron chi connectivity index (χ3n) is 5.95. The molecule has 0 aromatic carbocycles. The van der Waals surface area contributed by atoms with Crippen LogP contribution in [0, 0.1) is 5.92 Å². The Balaban J connectivity index is 1.39. The normalized spacial score (nSPS) is 42.9. The van der Waals surface area contributed by atoms with Crippen molar-refractivity contribution < 1.29 is 9.53 Å². The molecule has 4 aliphatic rings. The Labute approximate surface area is 127 Å². The molecule has 5 nitrogen and oxygen atoms in total. The van der Waals surface area contributed by atoms with Gasteiger partial charge in [0.2, 0.25) is 0 Å². The first-order chi connectivity index (χ1) is 10.2. The minimum atomic E-state index is 0.162. The standard InChI is InChI=1S/C16H27N3O2/c1-18-8-6-14-11(10-18)3-2-7-19(14)16(20)17-13-9-12-4-5-15(13)21-12/h11-15H,2-10H2,1H3,(H,17,20)/t11-,12-,13+,14-,15-/m1/s1. The molecule has 5 heteroatoms. The molecule has 0 aromatic heterocycles. The first-order valence-corrected chi connectivity index (χ1v) is 8.62. The van der Waals surface area contributed by atoms with Crippen molar-refractivity contribution in [3.05, 3.63) is 0 Å². The highest BCUT2D eigenvalue weighted by atomic mass is 16.5. The van der Waals surface area contributed by atoms with Crippen LogP contribution in [0.1, 0.15) is 38.5 Å². The molecule has 4 heterocycles. The van der Waals surface area contributed by atoms with Crippen LogP contribution < -0.4 is 5.32 Å². The number of rotatable bonds is 1. The van der Waals surface area contributed by atoms with Crippen LogP contribution in [0.4, 0.5) is 4.79 Å². The lowest BCUT2D eigenvalue weighted by Gasteiger charge is -2.46. The van der Waals surface area contributed by atoms with E-state index in [1.54, 1.807) is 0 Å². The lowest BCUT2D eigenvalue weighted by atomic mass is 9.84. The van der Waals surface area contributed by atoms with Gasteiger partial charge in [-0.05, 0) is 58.0 Å². The van der Waals surface area contributed by atoms with Crippen LogP contribution in [0.5, 0.6) is 0 Å². The molecule has 1 N–H and O–H groups in total. The lowest BCUT2D eigenvalue weighted by Crippen LogP contribution is -2.59. The van der Waals surface area contributed by atoms with Gasteiger partial charge in [0, 0.05) is 19.1 Å². The summed E-state index contributed by atoms with van der Waals surface area (Å²) in [6.07, 6.45) is 7.54. The smallest absolute Gasteiger partial charge is 0.317 e. The van der Waals surface area contributed by atoms with E-state index < -0.39 is 0 Å². The van der Waals surface area contributed by atoms with Crippen LogP contribution in [-0.2, 0) is 4.74 Å². The predicted molar refractivity (Wildman–Crippen MR) is 80.2 cm³/mol.